The van der Waals surface area contributed by atoms with E-state index in [0.717, 1.165) is 25.0 Å². The van der Waals surface area contributed by atoms with Gasteiger partial charge in [0.2, 0.25) is 0 Å². The molecule has 0 heterocycles. The van der Waals surface area contributed by atoms with E-state index < -0.39 is 12.6 Å². The first-order valence-electron chi connectivity index (χ1n) is 7.84. The topological polar surface area (TPSA) is 66.8 Å². The Labute approximate surface area is 141 Å². The minimum Gasteiger partial charge on any atom is -0.482 e. The third-order valence-electron chi connectivity index (χ3n) is 4.07. The van der Waals surface area contributed by atoms with Crippen molar-refractivity contribution in [1.82, 2.24) is 4.90 Å². The van der Waals surface area contributed by atoms with Crippen molar-refractivity contribution >= 4 is 23.6 Å². The van der Waals surface area contributed by atoms with Gasteiger partial charge < -0.3 is 14.7 Å². The van der Waals surface area contributed by atoms with Gasteiger partial charge in [0, 0.05) is 23.9 Å². The van der Waals surface area contributed by atoms with Crippen molar-refractivity contribution in [3.63, 3.8) is 0 Å². The lowest BCUT2D eigenvalue weighted by molar-refractivity contribution is -0.139. The van der Waals surface area contributed by atoms with Crippen LogP contribution in [0.15, 0.2) is 24.3 Å². The zero-order valence-electron chi connectivity index (χ0n) is 13.5. The Morgan fingerprint density at radius 2 is 2.17 bits per heavy atom. The van der Waals surface area contributed by atoms with Crippen LogP contribution in [-0.2, 0) is 4.79 Å². The Morgan fingerprint density at radius 1 is 1.39 bits per heavy atom. The maximum atomic E-state index is 12.6. The molecule has 5 nitrogen and oxygen atoms in total. The second kappa shape index (κ2) is 8.24. The van der Waals surface area contributed by atoms with Crippen molar-refractivity contribution in [1.29, 1.82) is 0 Å². The number of carboxylic acid groups (broad SMARTS) is 1. The minimum absolute atomic E-state index is 0.0436. The predicted molar refractivity (Wildman–Crippen MR) is 91.2 cm³/mol. The number of hydrogen-bond donors (Lipinski definition) is 1. The molecule has 2 rings (SSSR count). The third kappa shape index (κ3) is 4.89. The van der Waals surface area contributed by atoms with Crippen LogP contribution in [0.25, 0.3) is 0 Å². The highest BCUT2D eigenvalue weighted by Gasteiger charge is 2.30. The first-order chi connectivity index (χ1) is 11.0. The van der Waals surface area contributed by atoms with E-state index in [-0.39, 0.29) is 11.9 Å². The molecule has 1 aliphatic rings. The fraction of sp³-hybridized carbons (Fsp3) is 0.529. The highest BCUT2D eigenvalue weighted by atomic mass is 32.2. The van der Waals surface area contributed by atoms with E-state index in [2.05, 4.69) is 6.92 Å². The SMILES string of the molecule is CCSC1CCC(N(C)C(=O)c2cccc(OCC(=O)O)c2)C1. The second-order valence-electron chi connectivity index (χ2n) is 5.67. The number of thioether (sulfide) groups is 1. The number of benzene rings is 1. The van der Waals surface area contributed by atoms with E-state index in [4.69, 9.17) is 9.84 Å². The number of hydrogen-bond acceptors (Lipinski definition) is 4. The Balaban J connectivity index is 1.99. The number of rotatable bonds is 7. The van der Waals surface area contributed by atoms with Gasteiger partial charge in [-0.3, -0.25) is 4.79 Å². The van der Waals surface area contributed by atoms with Crippen LogP contribution in [0, 0.1) is 0 Å². The molecule has 126 valence electrons. The molecule has 0 bridgehead atoms. The van der Waals surface area contributed by atoms with Crippen LogP contribution in [0.2, 0.25) is 0 Å². The summed E-state index contributed by atoms with van der Waals surface area (Å²) in [6.45, 7) is 1.75. The molecule has 1 N–H and O–H groups in total. The molecular weight excluding hydrogens is 314 g/mol. The summed E-state index contributed by atoms with van der Waals surface area (Å²) in [7, 11) is 1.84. The fourth-order valence-corrected chi connectivity index (χ4v) is 4.02. The van der Waals surface area contributed by atoms with Gasteiger partial charge >= 0.3 is 5.97 Å². The maximum Gasteiger partial charge on any atom is 0.341 e. The van der Waals surface area contributed by atoms with Crippen molar-refractivity contribution < 1.29 is 19.4 Å². The Hall–Kier alpha value is -1.69. The molecule has 1 amide bonds. The normalized spacial score (nSPS) is 20.3. The summed E-state index contributed by atoms with van der Waals surface area (Å²) in [5.74, 6) is 0.428. The minimum atomic E-state index is -1.04. The highest BCUT2D eigenvalue weighted by molar-refractivity contribution is 7.99. The smallest absolute Gasteiger partial charge is 0.341 e. The molecule has 1 aromatic carbocycles. The summed E-state index contributed by atoms with van der Waals surface area (Å²) in [5, 5.41) is 9.30. The molecule has 0 aromatic heterocycles. The van der Waals surface area contributed by atoms with Crippen molar-refractivity contribution in [3.05, 3.63) is 29.8 Å². The molecule has 1 aromatic rings. The summed E-state index contributed by atoms with van der Waals surface area (Å²) < 4.78 is 5.14. The summed E-state index contributed by atoms with van der Waals surface area (Å²) in [5.41, 5.74) is 0.530. The quantitative estimate of drug-likeness (QED) is 0.829. The summed E-state index contributed by atoms with van der Waals surface area (Å²) in [6.07, 6.45) is 3.23. The van der Waals surface area contributed by atoms with Crippen LogP contribution in [0.4, 0.5) is 0 Å². The zero-order chi connectivity index (χ0) is 16.8. The highest BCUT2D eigenvalue weighted by Crippen LogP contribution is 2.32. The molecule has 0 aliphatic heterocycles. The number of aliphatic carboxylic acids is 1. The second-order valence-corrected chi connectivity index (χ2v) is 7.25. The molecule has 6 heteroatoms. The van der Waals surface area contributed by atoms with Gasteiger partial charge in [0.15, 0.2) is 6.61 Å². The predicted octanol–water partition coefficient (Wildman–Crippen LogP) is 2.90. The Morgan fingerprint density at radius 3 is 2.87 bits per heavy atom. The van der Waals surface area contributed by atoms with Gasteiger partial charge in [-0.1, -0.05) is 13.0 Å². The standard InChI is InChI=1S/C17H23NO4S/c1-3-23-15-8-7-13(10-15)18(2)17(21)12-5-4-6-14(9-12)22-11-16(19)20/h4-6,9,13,15H,3,7-8,10-11H2,1-2H3,(H,19,20). The lowest BCUT2D eigenvalue weighted by Crippen LogP contribution is -2.35. The van der Waals surface area contributed by atoms with Gasteiger partial charge in [-0.25, -0.2) is 4.79 Å². The summed E-state index contributed by atoms with van der Waals surface area (Å²) in [6, 6.07) is 6.98. The molecule has 23 heavy (non-hydrogen) atoms. The van der Waals surface area contributed by atoms with Crippen LogP contribution in [0.5, 0.6) is 5.75 Å². The van der Waals surface area contributed by atoms with Crippen molar-refractivity contribution in [2.45, 2.75) is 37.5 Å². The number of amides is 1. The maximum absolute atomic E-state index is 12.6. The molecule has 2 unspecified atom stereocenters. The van der Waals surface area contributed by atoms with Crippen LogP contribution >= 0.6 is 11.8 Å². The van der Waals surface area contributed by atoms with Gasteiger partial charge in [-0.2, -0.15) is 11.8 Å². The van der Waals surface area contributed by atoms with E-state index in [1.54, 1.807) is 24.3 Å². The first kappa shape index (κ1) is 17.7. The van der Waals surface area contributed by atoms with E-state index in [1.807, 2.05) is 23.7 Å². The number of carbonyl (C=O) groups is 2. The lowest BCUT2D eigenvalue weighted by atomic mass is 10.1. The average Bonchev–Trinajstić information content (AvgIpc) is 3.01. The van der Waals surface area contributed by atoms with Gasteiger partial charge in [-0.05, 0) is 43.2 Å². The van der Waals surface area contributed by atoms with E-state index in [0.29, 0.717) is 16.6 Å². The van der Waals surface area contributed by atoms with E-state index in [9.17, 15) is 9.59 Å². The van der Waals surface area contributed by atoms with Crippen LogP contribution in [-0.4, -0.2) is 52.6 Å². The molecule has 1 fully saturated rings. The molecular formula is C17H23NO4S. The number of ether oxygens (including phenoxy) is 1. The molecule has 2 atom stereocenters. The average molecular weight is 337 g/mol. The monoisotopic (exact) mass is 337 g/mol. The van der Waals surface area contributed by atoms with Crippen LogP contribution in [0.1, 0.15) is 36.5 Å². The van der Waals surface area contributed by atoms with Crippen LogP contribution in [0.3, 0.4) is 0 Å². The molecule has 1 aliphatic carbocycles. The Bertz CT molecular complexity index is 563. The summed E-state index contributed by atoms with van der Waals surface area (Å²) in [4.78, 5) is 25.0. The van der Waals surface area contributed by atoms with Crippen molar-refractivity contribution in [3.8, 4) is 5.75 Å². The number of nitrogens with zero attached hydrogens (tertiary/aromatic N) is 1. The molecule has 0 spiro atoms. The first-order valence-corrected chi connectivity index (χ1v) is 8.89. The van der Waals surface area contributed by atoms with E-state index >= 15 is 0 Å². The van der Waals surface area contributed by atoms with Gasteiger partial charge in [0.25, 0.3) is 5.91 Å². The third-order valence-corrected chi connectivity index (χ3v) is 5.30. The van der Waals surface area contributed by atoms with Gasteiger partial charge in [0.05, 0.1) is 0 Å². The fourth-order valence-electron chi connectivity index (χ4n) is 2.89. The zero-order valence-corrected chi connectivity index (χ0v) is 14.3. The van der Waals surface area contributed by atoms with Crippen molar-refractivity contribution in [2.24, 2.45) is 0 Å². The largest absolute Gasteiger partial charge is 0.482 e. The molecule has 1 saturated carbocycles. The van der Waals surface area contributed by atoms with Crippen LogP contribution < -0.4 is 4.74 Å². The molecule has 0 radical (unpaired) electrons. The van der Waals surface area contributed by atoms with Crippen molar-refractivity contribution in [2.75, 3.05) is 19.4 Å². The lowest BCUT2D eigenvalue weighted by Gasteiger charge is -2.25. The summed E-state index contributed by atoms with van der Waals surface area (Å²) >= 11 is 1.97. The van der Waals surface area contributed by atoms with Gasteiger partial charge in [-0.15, -0.1) is 0 Å². The number of carboxylic acids is 1. The Kier molecular flexibility index (Phi) is 6.33. The molecule has 0 saturated heterocycles. The van der Waals surface area contributed by atoms with Gasteiger partial charge in [0.1, 0.15) is 5.75 Å². The van der Waals surface area contributed by atoms with E-state index in [1.165, 1.54) is 0 Å². The number of carbonyl (C=O) groups excluding carboxylic acids is 1.